The highest BCUT2D eigenvalue weighted by Crippen LogP contribution is 2.41. The predicted octanol–water partition coefficient (Wildman–Crippen LogP) is 8.13. The Kier molecular flexibility index (Phi) is 10.6. The summed E-state index contributed by atoms with van der Waals surface area (Å²) in [6.07, 6.45) is 19.1. The SMILES string of the molecule is CCCCCC1=C(CCCCC)C(CCCCC)=C(CC)C1. The highest BCUT2D eigenvalue weighted by Gasteiger charge is 2.22. The first kappa shape index (κ1) is 19.5. The van der Waals surface area contributed by atoms with Crippen molar-refractivity contribution in [1.29, 1.82) is 0 Å². The zero-order chi connectivity index (χ0) is 16.2. The van der Waals surface area contributed by atoms with Crippen LogP contribution in [0.2, 0.25) is 0 Å². The van der Waals surface area contributed by atoms with E-state index >= 15 is 0 Å². The third-order valence-electron chi connectivity index (χ3n) is 5.21. The van der Waals surface area contributed by atoms with Crippen molar-refractivity contribution in [3.8, 4) is 0 Å². The molecule has 0 heterocycles. The van der Waals surface area contributed by atoms with Gasteiger partial charge in [-0.15, -0.1) is 0 Å². The summed E-state index contributed by atoms with van der Waals surface area (Å²) in [7, 11) is 0. The lowest BCUT2D eigenvalue weighted by Crippen LogP contribution is -1.93. The van der Waals surface area contributed by atoms with Crippen LogP contribution in [0.15, 0.2) is 22.3 Å². The number of hydrogen-bond donors (Lipinski definition) is 0. The third kappa shape index (κ3) is 6.31. The van der Waals surface area contributed by atoms with Crippen molar-refractivity contribution in [3.05, 3.63) is 22.3 Å². The maximum atomic E-state index is 2.37. The standard InChI is InChI=1S/C22H40/c1-5-9-12-15-20-18-19(8-4)21(16-13-10-6-2)22(20)17-14-11-7-3/h5-18H2,1-4H3. The van der Waals surface area contributed by atoms with Crippen LogP contribution in [0.1, 0.15) is 118 Å². The average Bonchev–Trinajstić information content (AvgIpc) is 2.86. The van der Waals surface area contributed by atoms with E-state index in [4.69, 9.17) is 0 Å². The van der Waals surface area contributed by atoms with Crippen LogP contribution in [0.25, 0.3) is 0 Å². The van der Waals surface area contributed by atoms with Gasteiger partial charge >= 0.3 is 0 Å². The van der Waals surface area contributed by atoms with Gasteiger partial charge in [-0.05, 0) is 62.5 Å². The molecule has 0 atom stereocenters. The maximum Gasteiger partial charge on any atom is -0.00967 e. The van der Waals surface area contributed by atoms with Gasteiger partial charge in [0.2, 0.25) is 0 Å². The van der Waals surface area contributed by atoms with E-state index in [1.165, 1.54) is 89.9 Å². The fraction of sp³-hybridized carbons (Fsp3) is 0.818. The van der Waals surface area contributed by atoms with E-state index in [1.807, 2.05) is 11.1 Å². The maximum absolute atomic E-state index is 2.37. The van der Waals surface area contributed by atoms with Crippen LogP contribution < -0.4 is 0 Å². The number of rotatable bonds is 13. The second-order valence-corrected chi connectivity index (χ2v) is 7.07. The molecule has 0 bridgehead atoms. The molecule has 0 aromatic heterocycles. The normalized spacial score (nSPS) is 15.3. The van der Waals surface area contributed by atoms with Crippen LogP contribution in [-0.2, 0) is 0 Å². The fourth-order valence-electron chi connectivity index (χ4n) is 3.82. The topological polar surface area (TPSA) is 0 Å². The van der Waals surface area contributed by atoms with Crippen molar-refractivity contribution >= 4 is 0 Å². The van der Waals surface area contributed by atoms with E-state index in [0.29, 0.717) is 0 Å². The molecule has 0 aromatic rings. The van der Waals surface area contributed by atoms with Gasteiger partial charge in [-0.3, -0.25) is 0 Å². The Hall–Kier alpha value is -0.520. The van der Waals surface area contributed by atoms with Gasteiger partial charge in [-0.25, -0.2) is 0 Å². The summed E-state index contributed by atoms with van der Waals surface area (Å²) in [5.41, 5.74) is 7.23. The quantitative estimate of drug-likeness (QED) is 0.301. The van der Waals surface area contributed by atoms with Gasteiger partial charge < -0.3 is 0 Å². The molecule has 0 unspecified atom stereocenters. The molecule has 0 saturated carbocycles. The largest absolute Gasteiger partial charge is 0.0654 e. The molecule has 0 aromatic carbocycles. The molecule has 0 radical (unpaired) electrons. The molecule has 0 amide bonds. The Morgan fingerprint density at radius 3 is 1.45 bits per heavy atom. The second-order valence-electron chi connectivity index (χ2n) is 7.07. The van der Waals surface area contributed by atoms with Gasteiger partial charge in [-0.2, -0.15) is 0 Å². The van der Waals surface area contributed by atoms with Gasteiger partial charge in [0.05, 0.1) is 0 Å². The molecule has 1 aliphatic carbocycles. The smallest absolute Gasteiger partial charge is 0.00967 e. The lowest BCUT2D eigenvalue weighted by Gasteiger charge is -2.13. The third-order valence-corrected chi connectivity index (χ3v) is 5.21. The molecule has 0 fully saturated rings. The Labute approximate surface area is 140 Å². The van der Waals surface area contributed by atoms with Crippen LogP contribution >= 0.6 is 0 Å². The summed E-state index contributed by atoms with van der Waals surface area (Å²) in [5.74, 6) is 0. The zero-order valence-electron chi connectivity index (χ0n) is 15.9. The van der Waals surface area contributed by atoms with E-state index in [1.54, 1.807) is 11.1 Å². The monoisotopic (exact) mass is 304 g/mol. The molecule has 1 rings (SSSR count). The van der Waals surface area contributed by atoms with Crippen molar-refractivity contribution in [2.45, 2.75) is 118 Å². The summed E-state index contributed by atoms with van der Waals surface area (Å²) in [5, 5.41) is 0. The van der Waals surface area contributed by atoms with Crippen molar-refractivity contribution in [1.82, 2.24) is 0 Å². The molecule has 0 aliphatic heterocycles. The second kappa shape index (κ2) is 12.0. The van der Waals surface area contributed by atoms with Gasteiger partial charge in [0.1, 0.15) is 0 Å². The van der Waals surface area contributed by atoms with E-state index in [9.17, 15) is 0 Å². The first-order valence-electron chi connectivity index (χ1n) is 10.2. The molecule has 0 heteroatoms. The molecule has 0 saturated heterocycles. The number of allylic oxidation sites excluding steroid dienone is 4. The minimum Gasteiger partial charge on any atom is -0.0654 e. The van der Waals surface area contributed by atoms with Gasteiger partial charge in [-0.1, -0.05) is 77.4 Å². The highest BCUT2D eigenvalue weighted by molar-refractivity contribution is 5.47. The average molecular weight is 305 g/mol. The fourth-order valence-corrected chi connectivity index (χ4v) is 3.82. The molecular weight excluding hydrogens is 264 g/mol. The first-order valence-corrected chi connectivity index (χ1v) is 10.2. The summed E-state index contributed by atoms with van der Waals surface area (Å²) in [6, 6.07) is 0. The van der Waals surface area contributed by atoms with Crippen molar-refractivity contribution in [2.75, 3.05) is 0 Å². The minimum absolute atomic E-state index is 1.27. The van der Waals surface area contributed by atoms with Crippen LogP contribution in [0, 0.1) is 0 Å². The number of unbranched alkanes of at least 4 members (excludes halogenated alkanes) is 6. The molecular formula is C22H40. The van der Waals surface area contributed by atoms with Gasteiger partial charge in [0, 0.05) is 0 Å². The van der Waals surface area contributed by atoms with Crippen LogP contribution in [0.3, 0.4) is 0 Å². The van der Waals surface area contributed by atoms with Gasteiger partial charge in [0.25, 0.3) is 0 Å². The Bertz CT molecular complexity index is 356. The highest BCUT2D eigenvalue weighted by atomic mass is 14.3. The van der Waals surface area contributed by atoms with Crippen molar-refractivity contribution < 1.29 is 0 Å². The van der Waals surface area contributed by atoms with E-state index in [0.717, 1.165) is 0 Å². The molecule has 0 nitrogen and oxygen atoms in total. The molecule has 0 spiro atoms. The first-order chi connectivity index (χ1) is 10.8. The van der Waals surface area contributed by atoms with Crippen molar-refractivity contribution in [2.24, 2.45) is 0 Å². The Morgan fingerprint density at radius 2 is 1.00 bits per heavy atom. The zero-order valence-corrected chi connectivity index (χ0v) is 15.9. The van der Waals surface area contributed by atoms with E-state index in [2.05, 4.69) is 27.7 Å². The van der Waals surface area contributed by atoms with Crippen LogP contribution in [0.5, 0.6) is 0 Å². The number of hydrogen-bond acceptors (Lipinski definition) is 0. The van der Waals surface area contributed by atoms with Crippen LogP contribution in [-0.4, -0.2) is 0 Å². The lowest BCUT2D eigenvalue weighted by atomic mass is 9.93. The molecule has 1 aliphatic rings. The lowest BCUT2D eigenvalue weighted by molar-refractivity contribution is 0.677. The summed E-state index contributed by atoms with van der Waals surface area (Å²) in [4.78, 5) is 0. The summed E-state index contributed by atoms with van der Waals surface area (Å²) >= 11 is 0. The summed E-state index contributed by atoms with van der Waals surface area (Å²) < 4.78 is 0. The molecule has 128 valence electrons. The molecule has 0 N–H and O–H groups in total. The molecule has 22 heavy (non-hydrogen) atoms. The van der Waals surface area contributed by atoms with E-state index in [-0.39, 0.29) is 0 Å². The van der Waals surface area contributed by atoms with Crippen LogP contribution in [0.4, 0.5) is 0 Å². The minimum atomic E-state index is 1.27. The van der Waals surface area contributed by atoms with Gasteiger partial charge in [0.15, 0.2) is 0 Å². The van der Waals surface area contributed by atoms with E-state index < -0.39 is 0 Å². The Morgan fingerprint density at radius 1 is 0.545 bits per heavy atom. The predicted molar refractivity (Wildman–Crippen MR) is 101 cm³/mol. The Balaban J connectivity index is 2.77. The van der Waals surface area contributed by atoms with Crippen molar-refractivity contribution in [3.63, 3.8) is 0 Å². The summed E-state index contributed by atoms with van der Waals surface area (Å²) in [6.45, 7) is 9.32.